The third-order valence-corrected chi connectivity index (χ3v) is 2.27. The number of fused-ring (bicyclic) bond motifs is 1. The Balaban J connectivity index is 2.46. The number of methoxy groups -OCH3 is 2. The molecule has 78 valence electrons. The van der Waals surface area contributed by atoms with E-state index < -0.39 is 6.10 Å². The number of allylic oxidation sites excluding steroid dienone is 2. The highest BCUT2D eigenvalue weighted by Gasteiger charge is 2.31. The van der Waals surface area contributed by atoms with E-state index in [9.17, 15) is 4.79 Å². The van der Waals surface area contributed by atoms with Gasteiger partial charge in [0.2, 0.25) is 0 Å². The van der Waals surface area contributed by atoms with Crippen LogP contribution in [0.25, 0.3) is 0 Å². The van der Waals surface area contributed by atoms with Crippen molar-refractivity contribution in [3.05, 3.63) is 23.5 Å². The van der Waals surface area contributed by atoms with Crippen molar-refractivity contribution in [2.24, 2.45) is 9.98 Å². The summed E-state index contributed by atoms with van der Waals surface area (Å²) in [4.78, 5) is 19.0. The number of carbonyl (C=O) groups is 1. The van der Waals surface area contributed by atoms with Crippen molar-refractivity contribution in [2.45, 2.75) is 6.10 Å². The van der Waals surface area contributed by atoms with Gasteiger partial charge in [-0.3, -0.25) is 4.79 Å². The summed E-state index contributed by atoms with van der Waals surface area (Å²) in [6.07, 6.45) is 4.15. The van der Waals surface area contributed by atoms with Crippen molar-refractivity contribution in [1.82, 2.24) is 0 Å². The third-order valence-electron chi connectivity index (χ3n) is 2.27. The van der Waals surface area contributed by atoms with E-state index in [0.717, 1.165) is 0 Å². The topological polar surface area (TPSA) is 60.2 Å². The number of ether oxygens (including phenoxy) is 2. The standard InChI is InChI=1S/C10H10N2O3/c1-14-7-4-3-6-8(9(7)15-2)11-5-12-10(6)13/h3-5,9H,1-2H3. The normalized spacial score (nSPS) is 24.0. The van der Waals surface area contributed by atoms with Crippen molar-refractivity contribution < 1.29 is 14.3 Å². The molecule has 0 N–H and O–H groups in total. The molecule has 2 rings (SSSR count). The molecule has 5 nitrogen and oxygen atoms in total. The molecule has 1 aliphatic heterocycles. The highest BCUT2D eigenvalue weighted by atomic mass is 16.5. The number of hydrogen-bond acceptors (Lipinski definition) is 4. The molecule has 0 saturated heterocycles. The van der Waals surface area contributed by atoms with Crippen LogP contribution in [0.2, 0.25) is 0 Å². The fourth-order valence-electron chi connectivity index (χ4n) is 1.55. The van der Waals surface area contributed by atoms with Gasteiger partial charge in [-0.05, 0) is 12.2 Å². The van der Waals surface area contributed by atoms with Gasteiger partial charge in [0, 0.05) is 7.11 Å². The molecule has 0 radical (unpaired) electrons. The van der Waals surface area contributed by atoms with E-state index in [1.54, 1.807) is 26.4 Å². The molecule has 1 heterocycles. The summed E-state index contributed by atoms with van der Waals surface area (Å²) in [5, 5.41) is 0. The molecule has 0 aromatic heterocycles. The number of carbonyl (C=O) groups excluding carboxylic acids is 1. The molecule has 1 atom stereocenters. The summed E-state index contributed by atoms with van der Waals surface area (Å²) >= 11 is 0. The van der Waals surface area contributed by atoms with Gasteiger partial charge in [0.25, 0.3) is 5.91 Å². The molecule has 2 aliphatic rings. The minimum atomic E-state index is -0.425. The van der Waals surface area contributed by atoms with Crippen LogP contribution in [0.15, 0.2) is 33.5 Å². The van der Waals surface area contributed by atoms with Crippen molar-refractivity contribution in [2.75, 3.05) is 14.2 Å². The fourth-order valence-corrected chi connectivity index (χ4v) is 1.55. The van der Waals surface area contributed by atoms with Crippen LogP contribution in [-0.2, 0) is 14.3 Å². The zero-order valence-electron chi connectivity index (χ0n) is 8.43. The third kappa shape index (κ3) is 1.50. The van der Waals surface area contributed by atoms with Crippen LogP contribution in [0.3, 0.4) is 0 Å². The lowest BCUT2D eigenvalue weighted by atomic mass is 9.97. The minimum Gasteiger partial charge on any atom is -0.498 e. The molecule has 1 aliphatic carbocycles. The van der Waals surface area contributed by atoms with Crippen molar-refractivity contribution in [1.29, 1.82) is 0 Å². The summed E-state index contributed by atoms with van der Waals surface area (Å²) in [7, 11) is 3.09. The molecule has 15 heavy (non-hydrogen) atoms. The molecule has 0 aromatic rings. The van der Waals surface area contributed by atoms with E-state index in [4.69, 9.17) is 9.47 Å². The van der Waals surface area contributed by atoms with E-state index in [0.29, 0.717) is 17.0 Å². The van der Waals surface area contributed by atoms with Crippen LogP contribution in [0.4, 0.5) is 0 Å². The number of amides is 1. The largest absolute Gasteiger partial charge is 0.498 e. The Morgan fingerprint density at radius 2 is 2.13 bits per heavy atom. The minimum absolute atomic E-state index is 0.298. The number of rotatable bonds is 2. The van der Waals surface area contributed by atoms with Gasteiger partial charge in [0.15, 0.2) is 6.10 Å². The van der Waals surface area contributed by atoms with Gasteiger partial charge >= 0.3 is 0 Å². The van der Waals surface area contributed by atoms with Gasteiger partial charge in [-0.2, -0.15) is 4.99 Å². The Labute approximate surface area is 86.8 Å². The average molecular weight is 206 g/mol. The Kier molecular flexibility index (Phi) is 2.47. The number of nitrogens with zero attached hydrogens (tertiary/aromatic N) is 2. The van der Waals surface area contributed by atoms with Crippen LogP contribution in [0.1, 0.15) is 0 Å². The lowest BCUT2D eigenvalue weighted by Gasteiger charge is -2.24. The first kappa shape index (κ1) is 9.79. The summed E-state index contributed by atoms with van der Waals surface area (Å²) < 4.78 is 10.4. The second-order valence-electron chi connectivity index (χ2n) is 3.03. The van der Waals surface area contributed by atoms with Gasteiger partial charge in [-0.15, -0.1) is 0 Å². The van der Waals surface area contributed by atoms with Gasteiger partial charge in [0.05, 0.1) is 18.4 Å². The van der Waals surface area contributed by atoms with Crippen molar-refractivity contribution in [3.8, 4) is 0 Å². The fraction of sp³-hybridized carbons (Fsp3) is 0.300. The monoisotopic (exact) mass is 206 g/mol. The molecular weight excluding hydrogens is 196 g/mol. The molecule has 0 bridgehead atoms. The number of aliphatic imine (C=N–C) groups is 2. The first-order valence-corrected chi connectivity index (χ1v) is 4.41. The zero-order valence-corrected chi connectivity index (χ0v) is 8.43. The molecule has 1 unspecified atom stereocenters. The van der Waals surface area contributed by atoms with Crippen LogP contribution in [-0.4, -0.2) is 38.3 Å². The van der Waals surface area contributed by atoms with Gasteiger partial charge in [0.1, 0.15) is 12.1 Å². The maximum atomic E-state index is 11.4. The van der Waals surface area contributed by atoms with E-state index in [2.05, 4.69) is 9.98 Å². The Bertz CT molecular complexity index is 418. The highest BCUT2D eigenvalue weighted by molar-refractivity contribution is 6.29. The number of hydrogen-bond donors (Lipinski definition) is 0. The Hall–Kier alpha value is -1.75. The Morgan fingerprint density at radius 1 is 1.33 bits per heavy atom. The lowest BCUT2D eigenvalue weighted by molar-refractivity contribution is -0.114. The summed E-state index contributed by atoms with van der Waals surface area (Å²) in [5.74, 6) is 0.330. The quantitative estimate of drug-likeness (QED) is 0.660. The van der Waals surface area contributed by atoms with Crippen LogP contribution < -0.4 is 0 Å². The first-order chi connectivity index (χ1) is 7.27. The average Bonchev–Trinajstić information content (AvgIpc) is 2.28. The van der Waals surface area contributed by atoms with Gasteiger partial charge < -0.3 is 9.47 Å². The maximum absolute atomic E-state index is 11.4. The van der Waals surface area contributed by atoms with Crippen molar-refractivity contribution >= 4 is 18.0 Å². The molecule has 1 amide bonds. The lowest BCUT2D eigenvalue weighted by Crippen LogP contribution is -2.34. The second kappa shape index (κ2) is 3.78. The van der Waals surface area contributed by atoms with Gasteiger partial charge in [-0.25, -0.2) is 4.99 Å². The van der Waals surface area contributed by atoms with E-state index in [1.807, 2.05) is 0 Å². The van der Waals surface area contributed by atoms with E-state index >= 15 is 0 Å². The summed E-state index contributed by atoms with van der Waals surface area (Å²) in [5.41, 5.74) is 1.02. The summed E-state index contributed by atoms with van der Waals surface area (Å²) in [6, 6.07) is 0. The summed E-state index contributed by atoms with van der Waals surface area (Å²) in [6.45, 7) is 0. The second-order valence-corrected chi connectivity index (χ2v) is 3.03. The van der Waals surface area contributed by atoms with Crippen LogP contribution in [0.5, 0.6) is 0 Å². The maximum Gasteiger partial charge on any atom is 0.280 e. The molecular formula is C10H10N2O3. The molecule has 0 saturated carbocycles. The zero-order chi connectivity index (χ0) is 10.8. The first-order valence-electron chi connectivity index (χ1n) is 4.41. The molecule has 0 spiro atoms. The predicted octanol–water partition coefficient (Wildman–Crippen LogP) is 0.481. The SMILES string of the molecule is COC1=CC=C2C(=O)N=CN=C2C1OC. The smallest absolute Gasteiger partial charge is 0.280 e. The molecule has 0 fully saturated rings. The van der Waals surface area contributed by atoms with Gasteiger partial charge in [-0.1, -0.05) is 0 Å². The van der Waals surface area contributed by atoms with Crippen molar-refractivity contribution in [3.63, 3.8) is 0 Å². The predicted molar refractivity (Wildman–Crippen MR) is 54.9 cm³/mol. The Morgan fingerprint density at radius 3 is 2.80 bits per heavy atom. The highest BCUT2D eigenvalue weighted by Crippen LogP contribution is 2.22. The molecule has 5 heteroatoms. The van der Waals surface area contributed by atoms with E-state index in [-0.39, 0.29) is 5.91 Å². The van der Waals surface area contributed by atoms with Crippen LogP contribution in [0, 0.1) is 0 Å². The molecule has 0 aromatic carbocycles. The van der Waals surface area contributed by atoms with E-state index in [1.165, 1.54) is 6.34 Å². The van der Waals surface area contributed by atoms with Crippen LogP contribution >= 0.6 is 0 Å².